The summed E-state index contributed by atoms with van der Waals surface area (Å²) in [7, 11) is -3.76. The lowest BCUT2D eigenvalue weighted by molar-refractivity contribution is -0.116. The SMILES string of the molecule is O=C(CS(=O)(=O)Cc1noc(-c2ccc(Cl)cc2)n1)N1CCCc2ccccc21. The average molecular weight is 432 g/mol. The molecule has 9 heteroatoms. The van der Waals surface area contributed by atoms with Gasteiger partial charge in [0.05, 0.1) is 0 Å². The summed E-state index contributed by atoms with van der Waals surface area (Å²) in [6.07, 6.45) is 1.68. The number of hydrogen-bond donors (Lipinski definition) is 0. The first-order valence-electron chi connectivity index (χ1n) is 9.08. The van der Waals surface area contributed by atoms with Crippen molar-refractivity contribution in [3.8, 4) is 11.5 Å². The Morgan fingerprint density at radius 2 is 1.90 bits per heavy atom. The van der Waals surface area contributed by atoms with Crippen molar-refractivity contribution < 1.29 is 17.7 Å². The summed E-state index contributed by atoms with van der Waals surface area (Å²) in [5.41, 5.74) is 2.46. The molecule has 0 N–H and O–H groups in total. The molecule has 0 atom stereocenters. The lowest BCUT2D eigenvalue weighted by Crippen LogP contribution is -2.39. The second kappa shape index (κ2) is 7.96. The Hall–Kier alpha value is -2.71. The van der Waals surface area contributed by atoms with Crippen molar-refractivity contribution in [1.82, 2.24) is 10.1 Å². The van der Waals surface area contributed by atoms with Gasteiger partial charge in [0, 0.05) is 22.8 Å². The molecule has 0 saturated carbocycles. The topological polar surface area (TPSA) is 93.4 Å². The third-order valence-electron chi connectivity index (χ3n) is 4.66. The number of aryl methyl sites for hydroxylation is 1. The van der Waals surface area contributed by atoms with Crippen LogP contribution in [0.2, 0.25) is 5.02 Å². The van der Waals surface area contributed by atoms with Gasteiger partial charge in [-0.25, -0.2) is 8.42 Å². The molecule has 7 nitrogen and oxygen atoms in total. The van der Waals surface area contributed by atoms with Crippen LogP contribution < -0.4 is 4.90 Å². The highest BCUT2D eigenvalue weighted by Gasteiger charge is 2.27. The van der Waals surface area contributed by atoms with Crippen molar-refractivity contribution in [1.29, 1.82) is 0 Å². The number of amides is 1. The molecule has 1 amide bonds. The quantitative estimate of drug-likeness (QED) is 0.615. The van der Waals surface area contributed by atoms with Crippen LogP contribution in [0.15, 0.2) is 53.1 Å². The molecule has 0 aliphatic carbocycles. The number of nitrogens with zero attached hydrogens (tertiary/aromatic N) is 3. The Labute approximate surface area is 173 Å². The number of anilines is 1. The fourth-order valence-electron chi connectivity index (χ4n) is 3.33. The highest BCUT2D eigenvalue weighted by atomic mass is 35.5. The van der Waals surface area contributed by atoms with Gasteiger partial charge < -0.3 is 9.42 Å². The molecule has 1 aliphatic heterocycles. The second-order valence-corrected chi connectivity index (χ2v) is 9.33. The number of fused-ring (bicyclic) bond motifs is 1. The van der Waals surface area contributed by atoms with Crippen LogP contribution in [0.5, 0.6) is 0 Å². The first kappa shape index (κ1) is 19.6. The minimum atomic E-state index is -3.76. The molecule has 2 heterocycles. The van der Waals surface area contributed by atoms with Crippen LogP contribution in [0, 0.1) is 0 Å². The Morgan fingerprint density at radius 3 is 2.69 bits per heavy atom. The van der Waals surface area contributed by atoms with E-state index in [0.717, 1.165) is 24.1 Å². The van der Waals surface area contributed by atoms with Gasteiger partial charge in [0.15, 0.2) is 15.7 Å². The van der Waals surface area contributed by atoms with Gasteiger partial charge in [-0.15, -0.1) is 0 Å². The van der Waals surface area contributed by atoms with Gasteiger partial charge in [0.25, 0.3) is 5.89 Å². The van der Waals surface area contributed by atoms with Gasteiger partial charge in [-0.1, -0.05) is 35.0 Å². The number of carbonyl (C=O) groups is 1. The van der Waals surface area contributed by atoms with Gasteiger partial charge in [-0.3, -0.25) is 4.79 Å². The largest absolute Gasteiger partial charge is 0.334 e. The van der Waals surface area contributed by atoms with Crippen LogP contribution >= 0.6 is 11.6 Å². The Bertz CT molecular complexity index is 1140. The Kier molecular flexibility index (Phi) is 5.38. The number of sulfone groups is 1. The van der Waals surface area contributed by atoms with Crippen molar-refractivity contribution in [2.24, 2.45) is 0 Å². The molecule has 0 spiro atoms. The van der Waals surface area contributed by atoms with E-state index in [4.69, 9.17) is 16.1 Å². The zero-order valence-electron chi connectivity index (χ0n) is 15.4. The number of rotatable bonds is 5. The van der Waals surface area contributed by atoms with E-state index in [2.05, 4.69) is 10.1 Å². The molecule has 3 aromatic rings. The average Bonchev–Trinajstić information content (AvgIpc) is 3.15. The first-order chi connectivity index (χ1) is 13.9. The Morgan fingerprint density at radius 1 is 1.14 bits per heavy atom. The summed E-state index contributed by atoms with van der Waals surface area (Å²) < 4.78 is 30.3. The molecule has 29 heavy (non-hydrogen) atoms. The number of halogens is 1. The number of aromatic nitrogens is 2. The predicted molar refractivity (Wildman–Crippen MR) is 109 cm³/mol. The van der Waals surface area contributed by atoms with Crippen LogP contribution in [0.1, 0.15) is 17.8 Å². The zero-order valence-corrected chi connectivity index (χ0v) is 17.0. The number of hydrogen-bond acceptors (Lipinski definition) is 6. The monoisotopic (exact) mass is 431 g/mol. The van der Waals surface area contributed by atoms with E-state index in [1.165, 1.54) is 0 Å². The molecule has 0 unspecified atom stereocenters. The van der Waals surface area contributed by atoms with Crippen molar-refractivity contribution >= 4 is 33.0 Å². The van der Waals surface area contributed by atoms with Gasteiger partial charge in [0.1, 0.15) is 11.5 Å². The smallest absolute Gasteiger partial charge is 0.257 e. The minimum Gasteiger partial charge on any atom is -0.334 e. The van der Waals surface area contributed by atoms with E-state index in [1.807, 2.05) is 24.3 Å². The fourth-order valence-corrected chi connectivity index (χ4v) is 4.60. The van der Waals surface area contributed by atoms with E-state index >= 15 is 0 Å². The number of carbonyl (C=O) groups excluding carboxylic acids is 1. The standard InChI is InChI=1S/C20H18ClN3O4S/c21-16-9-7-15(8-10-16)20-22-18(23-28-20)12-29(26,27)13-19(25)24-11-3-5-14-4-1-2-6-17(14)24/h1-2,4,6-10H,3,5,11-13H2. The maximum atomic E-state index is 12.7. The molecular formula is C20H18ClN3O4S. The summed E-state index contributed by atoms with van der Waals surface area (Å²) in [6, 6.07) is 14.3. The van der Waals surface area contributed by atoms with Crippen molar-refractivity contribution in [3.05, 3.63) is 64.9 Å². The summed E-state index contributed by atoms with van der Waals surface area (Å²) in [4.78, 5) is 18.4. The van der Waals surface area contributed by atoms with E-state index in [9.17, 15) is 13.2 Å². The summed E-state index contributed by atoms with van der Waals surface area (Å²) in [5.74, 6) is -1.30. The van der Waals surface area contributed by atoms with Crippen LogP contribution in [0.3, 0.4) is 0 Å². The molecular weight excluding hydrogens is 414 g/mol. The van der Waals surface area contributed by atoms with Crippen LogP contribution in [0.25, 0.3) is 11.5 Å². The summed E-state index contributed by atoms with van der Waals surface area (Å²) >= 11 is 5.85. The van der Waals surface area contributed by atoms with Gasteiger partial charge >= 0.3 is 0 Å². The number of benzene rings is 2. The van der Waals surface area contributed by atoms with Crippen LogP contribution in [-0.4, -0.2) is 36.8 Å². The lowest BCUT2D eigenvalue weighted by atomic mass is 10.0. The van der Waals surface area contributed by atoms with Gasteiger partial charge in [-0.05, 0) is 48.7 Å². The molecule has 150 valence electrons. The third-order valence-corrected chi connectivity index (χ3v) is 6.30. The lowest BCUT2D eigenvalue weighted by Gasteiger charge is -2.29. The molecule has 1 aromatic heterocycles. The summed E-state index contributed by atoms with van der Waals surface area (Å²) in [6.45, 7) is 0.508. The second-order valence-electron chi connectivity index (χ2n) is 6.83. The van der Waals surface area contributed by atoms with E-state index in [1.54, 1.807) is 29.2 Å². The van der Waals surface area contributed by atoms with E-state index in [-0.39, 0.29) is 11.7 Å². The van der Waals surface area contributed by atoms with Gasteiger partial charge in [-0.2, -0.15) is 4.98 Å². The zero-order chi connectivity index (χ0) is 20.4. The molecule has 0 saturated heterocycles. The normalized spacial score (nSPS) is 13.9. The van der Waals surface area contributed by atoms with E-state index < -0.39 is 27.3 Å². The fraction of sp³-hybridized carbons (Fsp3) is 0.250. The van der Waals surface area contributed by atoms with E-state index in [0.29, 0.717) is 17.1 Å². The van der Waals surface area contributed by atoms with Crippen molar-refractivity contribution in [2.45, 2.75) is 18.6 Å². The number of para-hydroxylation sites is 1. The molecule has 4 rings (SSSR count). The predicted octanol–water partition coefficient (Wildman–Crippen LogP) is 3.28. The molecule has 2 aromatic carbocycles. The van der Waals surface area contributed by atoms with Crippen LogP contribution in [-0.2, 0) is 26.8 Å². The van der Waals surface area contributed by atoms with Crippen LogP contribution in [0.4, 0.5) is 5.69 Å². The molecule has 1 aliphatic rings. The minimum absolute atomic E-state index is 0.0156. The van der Waals surface area contributed by atoms with Gasteiger partial charge in [0.2, 0.25) is 5.91 Å². The van der Waals surface area contributed by atoms with Crippen molar-refractivity contribution in [3.63, 3.8) is 0 Å². The third kappa shape index (κ3) is 4.49. The summed E-state index contributed by atoms with van der Waals surface area (Å²) in [5, 5.41) is 4.30. The highest BCUT2D eigenvalue weighted by Crippen LogP contribution is 2.27. The maximum Gasteiger partial charge on any atom is 0.257 e. The molecule has 0 fully saturated rings. The first-order valence-corrected chi connectivity index (χ1v) is 11.3. The van der Waals surface area contributed by atoms with Crippen molar-refractivity contribution in [2.75, 3.05) is 17.2 Å². The molecule has 0 bridgehead atoms. The maximum absolute atomic E-state index is 12.7. The Balaban J connectivity index is 1.46. The molecule has 0 radical (unpaired) electrons. The highest BCUT2D eigenvalue weighted by molar-refractivity contribution is 7.91.